The summed E-state index contributed by atoms with van der Waals surface area (Å²) in [5.41, 5.74) is 0. The van der Waals surface area contributed by atoms with Crippen molar-refractivity contribution in [2.45, 2.75) is 70.6 Å². The quantitative estimate of drug-likeness (QED) is 0.730. The van der Waals surface area contributed by atoms with E-state index in [1.165, 1.54) is 70.6 Å². The maximum atomic E-state index is 10.3. The normalized spacial score (nSPS) is 21.8. The molecule has 1 fully saturated rings. The molecule has 1 N–H and O–H groups in total. The fourth-order valence-electron chi connectivity index (χ4n) is 2.67. The van der Waals surface area contributed by atoms with Gasteiger partial charge in [-0.3, -0.25) is 4.79 Å². The standard InChI is InChI=1S/C14H27NO/c16-13-15-12-14-10-8-6-4-2-1-3-5-7-9-11-14/h13-14H,1-12H2,(H,15,16). The summed E-state index contributed by atoms with van der Waals surface area (Å²) in [5.74, 6) is 0.727. The Hall–Kier alpha value is -0.530. The van der Waals surface area contributed by atoms with E-state index in [1.807, 2.05) is 0 Å². The van der Waals surface area contributed by atoms with Crippen molar-refractivity contribution in [2.75, 3.05) is 6.54 Å². The first-order valence-corrected chi connectivity index (χ1v) is 7.10. The molecule has 1 saturated carbocycles. The van der Waals surface area contributed by atoms with Gasteiger partial charge in [0.05, 0.1) is 0 Å². The van der Waals surface area contributed by atoms with E-state index in [0.29, 0.717) is 0 Å². The summed E-state index contributed by atoms with van der Waals surface area (Å²) in [4.78, 5) is 10.3. The van der Waals surface area contributed by atoms with Gasteiger partial charge in [0.2, 0.25) is 6.41 Å². The number of hydrogen-bond donors (Lipinski definition) is 1. The SMILES string of the molecule is O=CNCC1CCCCCCCCCCC1. The van der Waals surface area contributed by atoms with Gasteiger partial charge in [-0.25, -0.2) is 0 Å². The average Bonchev–Trinajstić information content (AvgIpc) is 2.28. The third-order valence-corrected chi connectivity index (χ3v) is 3.71. The van der Waals surface area contributed by atoms with Gasteiger partial charge in [0.1, 0.15) is 0 Å². The Bertz CT molecular complexity index is 158. The lowest BCUT2D eigenvalue weighted by Crippen LogP contribution is -2.21. The Morgan fingerprint density at radius 2 is 1.25 bits per heavy atom. The van der Waals surface area contributed by atoms with Crippen LogP contribution in [-0.4, -0.2) is 13.0 Å². The minimum atomic E-state index is 0.727. The molecule has 0 aliphatic heterocycles. The van der Waals surface area contributed by atoms with Gasteiger partial charge >= 0.3 is 0 Å². The van der Waals surface area contributed by atoms with Crippen LogP contribution in [0.4, 0.5) is 0 Å². The van der Waals surface area contributed by atoms with Gasteiger partial charge in [-0.2, -0.15) is 0 Å². The van der Waals surface area contributed by atoms with Crippen LogP contribution in [-0.2, 0) is 4.79 Å². The molecule has 0 bridgehead atoms. The zero-order chi connectivity index (χ0) is 11.5. The lowest BCUT2D eigenvalue weighted by Gasteiger charge is -2.17. The summed E-state index contributed by atoms with van der Waals surface area (Å²) in [6.07, 6.45) is 16.1. The second-order valence-corrected chi connectivity index (χ2v) is 5.15. The summed E-state index contributed by atoms with van der Waals surface area (Å²) >= 11 is 0. The van der Waals surface area contributed by atoms with Gasteiger partial charge in [0.25, 0.3) is 0 Å². The van der Waals surface area contributed by atoms with Gasteiger partial charge in [0.15, 0.2) is 0 Å². The van der Waals surface area contributed by atoms with E-state index in [9.17, 15) is 4.79 Å². The highest BCUT2D eigenvalue weighted by Gasteiger charge is 2.08. The molecular formula is C14H27NO. The predicted octanol–water partition coefficient (Wildman–Crippen LogP) is 3.65. The Labute approximate surface area is 100 Å². The fraction of sp³-hybridized carbons (Fsp3) is 0.929. The highest BCUT2D eigenvalue weighted by Crippen LogP contribution is 2.20. The number of carbonyl (C=O) groups excluding carboxylic acids is 1. The lowest BCUT2D eigenvalue weighted by atomic mass is 9.93. The molecule has 0 aromatic heterocycles. The van der Waals surface area contributed by atoms with E-state index in [1.54, 1.807) is 0 Å². The highest BCUT2D eigenvalue weighted by molar-refractivity contribution is 5.45. The number of rotatable bonds is 3. The lowest BCUT2D eigenvalue weighted by molar-refractivity contribution is -0.109. The first-order valence-electron chi connectivity index (χ1n) is 7.10. The van der Waals surface area contributed by atoms with Crippen molar-refractivity contribution in [3.05, 3.63) is 0 Å². The molecule has 2 nitrogen and oxygen atoms in total. The van der Waals surface area contributed by atoms with Gasteiger partial charge < -0.3 is 5.32 Å². The van der Waals surface area contributed by atoms with Crippen molar-refractivity contribution >= 4 is 6.41 Å². The third-order valence-electron chi connectivity index (χ3n) is 3.71. The van der Waals surface area contributed by atoms with Crippen LogP contribution in [0.2, 0.25) is 0 Å². The minimum Gasteiger partial charge on any atom is -0.358 e. The number of amides is 1. The summed E-state index contributed by atoms with van der Waals surface area (Å²) < 4.78 is 0. The molecule has 0 atom stereocenters. The number of hydrogen-bond acceptors (Lipinski definition) is 1. The van der Waals surface area contributed by atoms with Crippen LogP contribution < -0.4 is 5.32 Å². The van der Waals surface area contributed by atoms with Gasteiger partial charge in [0, 0.05) is 6.54 Å². The van der Waals surface area contributed by atoms with Crippen molar-refractivity contribution in [1.82, 2.24) is 5.32 Å². The summed E-state index contributed by atoms with van der Waals surface area (Å²) in [5, 5.41) is 2.85. The predicted molar refractivity (Wildman–Crippen MR) is 68.3 cm³/mol. The average molecular weight is 225 g/mol. The Morgan fingerprint density at radius 3 is 1.69 bits per heavy atom. The van der Waals surface area contributed by atoms with Crippen molar-refractivity contribution in [2.24, 2.45) is 5.92 Å². The third kappa shape index (κ3) is 6.86. The van der Waals surface area contributed by atoms with Crippen LogP contribution in [0.15, 0.2) is 0 Å². The first kappa shape index (κ1) is 13.5. The van der Waals surface area contributed by atoms with E-state index in [0.717, 1.165) is 18.9 Å². The highest BCUT2D eigenvalue weighted by atomic mass is 16.1. The van der Waals surface area contributed by atoms with E-state index in [4.69, 9.17) is 0 Å². The van der Waals surface area contributed by atoms with Crippen molar-refractivity contribution in [1.29, 1.82) is 0 Å². The topological polar surface area (TPSA) is 29.1 Å². The van der Waals surface area contributed by atoms with E-state index < -0.39 is 0 Å². The molecule has 16 heavy (non-hydrogen) atoms. The molecule has 1 aliphatic rings. The molecule has 0 aromatic rings. The Balaban J connectivity index is 2.21. The molecule has 2 heteroatoms. The molecule has 0 spiro atoms. The molecule has 0 aromatic carbocycles. The Morgan fingerprint density at radius 1 is 0.812 bits per heavy atom. The van der Waals surface area contributed by atoms with E-state index in [2.05, 4.69) is 5.32 Å². The molecule has 0 radical (unpaired) electrons. The summed E-state index contributed by atoms with van der Waals surface area (Å²) in [6.45, 7) is 0.892. The molecule has 94 valence electrons. The van der Waals surface area contributed by atoms with Crippen molar-refractivity contribution in [3.63, 3.8) is 0 Å². The zero-order valence-corrected chi connectivity index (χ0v) is 10.5. The summed E-state index contributed by atoms with van der Waals surface area (Å²) in [6, 6.07) is 0. The molecule has 0 saturated heterocycles. The minimum absolute atomic E-state index is 0.727. The smallest absolute Gasteiger partial charge is 0.207 e. The zero-order valence-electron chi connectivity index (χ0n) is 10.5. The van der Waals surface area contributed by atoms with Crippen LogP contribution in [0.25, 0.3) is 0 Å². The second kappa shape index (κ2) is 9.68. The number of carbonyl (C=O) groups is 1. The van der Waals surface area contributed by atoms with E-state index in [-0.39, 0.29) is 0 Å². The van der Waals surface area contributed by atoms with Gasteiger partial charge in [-0.15, -0.1) is 0 Å². The molecule has 0 unspecified atom stereocenters. The maximum absolute atomic E-state index is 10.3. The van der Waals surface area contributed by atoms with Crippen LogP contribution in [0.1, 0.15) is 70.6 Å². The van der Waals surface area contributed by atoms with Crippen molar-refractivity contribution < 1.29 is 4.79 Å². The van der Waals surface area contributed by atoms with Crippen LogP contribution in [0.3, 0.4) is 0 Å². The Kier molecular flexibility index (Phi) is 8.19. The van der Waals surface area contributed by atoms with Gasteiger partial charge in [-0.05, 0) is 18.8 Å². The molecule has 0 heterocycles. The van der Waals surface area contributed by atoms with Crippen LogP contribution in [0, 0.1) is 5.92 Å². The van der Waals surface area contributed by atoms with Crippen molar-refractivity contribution in [3.8, 4) is 0 Å². The largest absolute Gasteiger partial charge is 0.358 e. The van der Waals surface area contributed by atoms with Crippen LogP contribution in [0.5, 0.6) is 0 Å². The van der Waals surface area contributed by atoms with Gasteiger partial charge in [-0.1, -0.05) is 57.8 Å². The first-order chi connectivity index (χ1) is 7.93. The fourth-order valence-corrected chi connectivity index (χ4v) is 2.67. The molecule has 1 rings (SSSR count). The number of nitrogens with one attached hydrogen (secondary N) is 1. The van der Waals surface area contributed by atoms with Crippen LogP contribution >= 0.6 is 0 Å². The van der Waals surface area contributed by atoms with E-state index >= 15 is 0 Å². The summed E-state index contributed by atoms with van der Waals surface area (Å²) in [7, 11) is 0. The molecule has 1 aliphatic carbocycles. The maximum Gasteiger partial charge on any atom is 0.207 e. The molecule has 1 amide bonds. The monoisotopic (exact) mass is 225 g/mol. The molecular weight excluding hydrogens is 198 g/mol. The second-order valence-electron chi connectivity index (χ2n) is 5.15.